The summed E-state index contributed by atoms with van der Waals surface area (Å²) in [6.07, 6.45) is 1.50. The molecule has 0 atom stereocenters. The molecule has 0 bridgehead atoms. The lowest BCUT2D eigenvalue weighted by molar-refractivity contribution is -0.114. The minimum absolute atomic E-state index is 0.0616. The summed E-state index contributed by atoms with van der Waals surface area (Å²) in [4.78, 5) is 23.9. The summed E-state index contributed by atoms with van der Waals surface area (Å²) in [6.45, 7) is 3.47. The van der Waals surface area contributed by atoms with Gasteiger partial charge in [0.15, 0.2) is 5.78 Å². The van der Waals surface area contributed by atoms with Crippen LogP contribution in [0.1, 0.15) is 22.8 Å². The van der Waals surface area contributed by atoms with Crippen LogP contribution in [0.25, 0.3) is 5.69 Å². The Bertz CT molecular complexity index is 937. The Balaban J connectivity index is 1.69. The third-order valence-electron chi connectivity index (χ3n) is 3.85. The summed E-state index contributed by atoms with van der Waals surface area (Å²) in [5.74, 6) is -0.343. The van der Waals surface area contributed by atoms with Gasteiger partial charge in [-0.05, 0) is 54.1 Å². The molecule has 0 aliphatic heterocycles. The summed E-state index contributed by atoms with van der Waals surface area (Å²) in [6, 6.07) is 12.6. The third kappa shape index (κ3) is 3.92. The van der Waals surface area contributed by atoms with Gasteiger partial charge in [0.2, 0.25) is 5.91 Å². The molecule has 0 fully saturated rings. The molecule has 1 amide bonds. The number of nitrogens with zero attached hydrogens (tertiary/aromatic N) is 4. The SMILES string of the molecule is CC(=O)c1ccccc1NC(=O)CNc1cc(-n2cnnn2)ccc1C. The molecule has 1 heterocycles. The quantitative estimate of drug-likeness (QED) is 0.661. The summed E-state index contributed by atoms with van der Waals surface area (Å²) in [5, 5.41) is 16.9. The van der Waals surface area contributed by atoms with Crippen molar-refractivity contribution in [3.63, 3.8) is 0 Å². The molecule has 3 rings (SSSR count). The van der Waals surface area contributed by atoms with Crippen LogP contribution < -0.4 is 10.6 Å². The number of carbonyl (C=O) groups is 2. The Hall–Kier alpha value is -3.55. The summed E-state index contributed by atoms with van der Waals surface area (Å²) >= 11 is 0. The maximum Gasteiger partial charge on any atom is 0.243 e. The lowest BCUT2D eigenvalue weighted by atomic mass is 10.1. The molecule has 0 spiro atoms. The Labute approximate surface area is 150 Å². The number of amides is 1. The van der Waals surface area contributed by atoms with Gasteiger partial charge in [0.25, 0.3) is 0 Å². The number of aromatic nitrogens is 4. The molecule has 0 aliphatic rings. The Kier molecular flexibility index (Phi) is 5.02. The largest absolute Gasteiger partial charge is 0.376 e. The van der Waals surface area contributed by atoms with Crippen molar-refractivity contribution in [1.29, 1.82) is 0 Å². The number of rotatable bonds is 6. The van der Waals surface area contributed by atoms with Crippen LogP contribution in [0.3, 0.4) is 0 Å². The van der Waals surface area contributed by atoms with Gasteiger partial charge in [0.05, 0.1) is 17.9 Å². The normalized spacial score (nSPS) is 10.4. The molecule has 0 saturated heterocycles. The number of aryl methyl sites for hydroxylation is 1. The standard InChI is InChI=1S/C18H18N6O2/c1-12-7-8-14(24-11-20-22-23-24)9-17(12)19-10-18(26)21-16-6-4-3-5-15(16)13(2)25/h3-9,11,19H,10H2,1-2H3,(H,21,26). The maximum absolute atomic E-state index is 12.3. The second-order valence-corrected chi connectivity index (χ2v) is 5.76. The van der Waals surface area contributed by atoms with E-state index in [9.17, 15) is 9.59 Å². The molecule has 2 N–H and O–H groups in total. The van der Waals surface area contributed by atoms with Crippen molar-refractivity contribution in [1.82, 2.24) is 20.2 Å². The number of tetrazole rings is 1. The predicted molar refractivity (Wildman–Crippen MR) is 97.5 cm³/mol. The van der Waals surface area contributed by atoms with Gasteiger partial charge in [0.1, 0.15) is 6.33 Å². The highest BCUT2D eigenvalue weighted by atomic mass is 16.2. The number of benzene rings is 2. The van der Waals surface area contributed by atoms with E-state index >= 15 is 0 Å². The van der Waals surface area contributed by atoms with Crippen molar-refractivity contribution in [2.75, 3.05) is 17.2 Å². The Morgan fingerprint density at radius 2 is 1.92 bits per heavy atom. The van der Waals surface area contributed by atoms with Gasteiger partial charge in [-0.1, -0.05) is 18.2 Å². The predicted octanol–water partition coefficient (Wildman–Crippen LogP) is 2.22. The number of para-hydroxylation sites is 1. The van der Waals surface area contributed by atoms with Gasteiger partial charge in [-0.3, -0.25) is 9.59 Å². The molecule has 2 aromatic carbocycles. The minimum atomic E-state index is -0.245. The molecule has 8 heteroatoms. The zero-order valence-electron chi connectivity index (χ0n) is 14.4. The van der Waals surface area contributed by atoms with E-state index in [0.29, 0.717) is 11.3 Å². The Morgan fingerprint density at radius 3 is 2.65 bits per heavy atom. The molecule has 3 aromatic rings. The first-order valence-corrected chi connectivity index (χ1v) is 8.02. The molecule has 0 radical (unpaired) electrons. The van der Waals surface area contributed by atoms with Gasteiger partial charge < -0.3 is 10.6 Å². The molecular formula is C18H18N6O2. The zero-order valence-corrected chi connectivity index (χ0v) is 14.4. The molecule has 0 aliphatic carbocycles. The van der Waals surface area contributed by atoms with E-state index in [1.807, 2.05) is 25.1 Å². The molecule has 26 heavy (non-hydrogen) atoms. The fourth-order valence-electron chi connectivity index (χ4n) is 2.49. The summed E-state index contributed by atoms with van der Waals surface area (Å²) in [5.41, 5.74) is 3.56. The smallest absolute Gasteiger partial charge is 0.243 e. The number of ketones is 1. The first-order valence-electron chi connectivity index (χ1n) is 8.02. The lowest BCUT2D eigenvalue weighted by Gasteiger charge is -2.13. The topological polar surface area (TPSA) is 102 Å². The van der Waals surface area contributed by atoms with Crippen molar-refractivity contribution >= 4 is 23.1 Å². The fourth-order valence-corrected chi connectivity index (χ4v) is 2.49. The van der Waals surface area contributed by atoms with E-state index in [1.165, 1.54) is 17.9 Å². The minimum Gasteiger partial charge on any atom is -0.376 e. The van der Waals surface area contributed by atoms with Crippen molar-refractivity contribution < 1.29 is 9.59 Å². The molecule has 0 unspecified atom stereocenters. The third-order valence-corrected chi connectivity index (χ3v) is 3.85. The molecule has 0 saturated carbocycles. The number of hydrogen-bond donors (Lipinski definition) is 2. The summed E-state index contributed by atoms with van der Waals surface area (Å²) in [7, 11) is 0. The van der Waals surface area contributed by atoms with Crippen molar-refractivity contribution in [3.8, 4) is 5.69 Å². The van der Waals surface area contributed by atoms with Crippen molar-refractivity contribution in [2.45, 2.75) is 13.8 Å². The summed E-state index contributed by atoms with van der Waals surface area (Å²) < 4.78 is 1.54. The van der Waals surface area contributed by atoms with Crippen LogP contribution in [0.15, 0.2) is 48.8 Å². The number of carbonyl (C=O) groups excluding carboxylic acids is 2. The van der Waals surface area contributed by atoms with Gasteiger partial charge in [0, 0.05) is 11.3 Å². The monoisotopic (exact) mass is 350 g/mol. The van der Waals surface area contributed by atoms with E-state index in [4.69, 9.17) is 0 Å². The van der Waals surface area contributed by atoms with Crippen LogP contribution in [0, 0.1) is 6.92 Å². The van der Waals surface area contributed by atoms with E-state index < -0.39 is 0 Å². The molecular weight excluding hydrogens is 332 g/mol. The fraction of sp³-hybridized carbons (Fsp3) is 0.167. The highest BCUT2D eigenvalue weighted by Crippen LogP contribution is 2.19. The van der Waals surface area contributed by atoms with Gasteiger partial charge in [-0.2, -0.15) is 0 Å². The number of hydrogen-bond acceptors (Lipinski definition) is 6. The second-order valence-electron chi connectivity index (χ2n) is 5.76. The molecule has 132 valence electrons. The van der Waals surface area contributed by atoms with E-state index in [2.05, 4.69) is 26.2 Å². The number of anilines is 2. The molecule has 8 nitrogen and oxygen atoms in total. The first-order chi connectivity index (χ1) is 12.5. The van der Waals surface area contributed by atoms with Crippen LogP contribution >= 0.6 is 0 Å². The van der Waals surface area contributed by atoms with Crippen LogP contribution in [0.5, 0.6) is 0 Å². The van der Waals surface area contributed by atoms with Crippen LogP contribution in [0.4, 0.5) is 11.4 Å². The average Bonchev–Trinajstić information content (AvgIpc) is 3.16. The van der Waals surface area contributed by atoms with Gasteiger partial charge in [-0.15, -0.1) is 5.10 Å². The second kappa shape index (κ2) is 7.56. The lowest BCUT2D eigenvalue weighted by Crippen LogP contribution is -2.23. The maximum atomic E-state index is 12.3. The van der Waals surface area contributed by atoms with Crippen LogP contribution in [-0.4, -0.2) is 38.4 Å². The highest BCUT2D eigenvalue weighted by molar-refractivity contribution is 6.04. The van der Waals surface area contributed by atoms with Gasteiger partial charge >= 0.3 is 0 Å². The highest BCUT2D eigenvalue weighted by Gasteiger charge is 2.10. The van der Waals surface area contributed by atoms with E-state index in [0.717, 1.165) is 16.9 Å². The molecule has 1 aromatic heterocycles. The van der Waals surface area contributed by atoms with Crippen LogP contribution in [0.2, 0.25) is 0 Å². The first kappa shape index (κ1) is 17.3. The number of Topliss-reactive ketones (excluding diaryl/α,β-unsaturated/α-hetero) is 1. The number of nitrogens with one attached hydrogen (secondary N) is 2. The van der Waals surface area contributed by atoms with Crippen molar-refractivity contribution in [2.24, 2.45) is 0 Å². The van der Waals surface area contributed by atoms with Gasteiger partial charge in [-0.25, -0.2) is 4.68 Å². The van der Waals surface area contributed by atoms with E-state index in [1.54, 1.807) is 24.3 Å². The van der Waals surface area contributed by atoms with Crippen molar-refractivity contribution in [3.05, 3.63) is 59.9 Å². The Morgan fingerprint density at radius 1 is 1.12 bits per heavy atom. The zero-order chi connectivity index (χ0) is 18.5. The average molecular weight is 350 g/mol. The van der Waals surface area contributed by atoms with Crippen LogP contribution in [-0.2, 0) is 4.79 Å². The van der Waals surface area contributed by atoms with E-state index in [-0.39, 0.29) is 18.2 Å².